The van der Waals surface area contributed by atoms with Crippen molar-refractivity contribution in [3.05, 3.63) is 79.1 Å². The van der Waals surface area contributed by atoms with Gasteiger partial charge < -0.3 is 15.0 Å². The van der Waals surface area contributed by atoms with Crippen molar-refractivity contribution in [1.29, 1.82) is 0 Å². The van der Waals surface area contributed by atoms with Crippen molar-refractivity contribution in [3.8, 4) is 22.8 Å². The van der Waals surface area contributed by atoms with Crippen LogP contribution in [-0.2, 0) is 9.59 Å². The van der Waals surface area contributed by atoms with Crippen molar-refractivity contribution in [2.45, 2.75) is 11.3 Å². The second kappa shape index (κ2) is 9.98. The highest BCUT2D eigenvalue weighted by atomic mass is 32.2. The Labute approximate surface area is 206 Å². The summed E-state index contributed by atoms with van der Waals surface area (Å²) in [5.41, 5.74) is 2.33. The summed E-state index contributed by atoms with van der Waals surface area (Å²) in [6, 6.07) is 20.7. The van der Waals surface area contributed by atoms with E-state index in [4.69, 9.17) is 4.74 Å². The van der Waals surface area contributed by atoms with Gasteiger partial charge in [0.05, 0.1) is 18.0 Å². The number of likely N-dealkylation sites (N-methyl/N-ethyl adjacent to an activating group) is 1. The van der Waals surface area contributed by atoms with Crippen LogP contribution in [0, 0.1) is 0 Å². The molecule has 4 aromatic rings. The van der Waals surface area contributed by atoms with E-state index in [1.165, 1.54) is 11.8 Å². The highest BCUT2D eigenvalue weighted by molar-refractivity contribution is 7.99. The van der Waals surface area contributed by atoms with E-state index in [1.54, 1.807) is 30.4 Å². The number of anilines is 1. The summed E-state index contributed by atoms with van der Waals surface area (Å²) in [7, 11) is 1.55. The molecule has 1 N–H and O–H groups in total. The number of aromatic nitrogens is 4. The Morgan fingerprint density at radius 1 is 1.06 bits per heavy atom. The average Bonchev–Trinajstić information content (AvgIpc) is 3.35. The monoisotopic (exact) mass is 486 g/mol. The summed E-state index contributed by atoms with van der Waals surface area (Å²) in [5.74, 6) is 0.792. The number of thioether (sulfide) groups is 1. The average molecular weight is 487 g/mol. The largest absolute Gasteiger partial charge is 0.477 e. The van der Waals surface area contributed by atoms with Crippen LogP contribution in [0.2, 0.25) is 0 Å². The Balaban J connectivity index is 1.42. The Hall–Kier alpha value is -4.18. The molecule has 5 rings (SSSR count). The minimum absolute atomic E-state index is 0.104. The summed E-state index contributed by atoms with van der Waals surface area (Å²) in [6.45, 7) is 0.127. The van der Waals surface area contributed by atoms with Crippen molar-refractivity contribution in [3.63, 3.8) is 0 Å². The van der Waals surface area contributed by atoms with Gasteiger partial charge in [0.25, 0.3) is 5.91 Å². The van der Waals surface area contributed by atoms with Gasteiger partial charge in [-0.25, -0.2) is 0 Å². The van der Waals surface area contributed by atoms with Gasteiger partial charge in [-0.1, -0.05) is 42.1 Å². The molecule has 176 valence electrons. The number of carbonyl (C=O) groups excluding carboxylic acids is 2. The summed E-state index contributed by atoms with van der Waals surface area (Å²) < 4.78 is 7.72. The van der Waals surface area contributed by atoms with Gasteiger partial charge in [0.2, 0.25) is 5.91 Å². The molecule has 0 saturated heterocycles. The molecule has 3 heterocycles. The normalized spacial score (nSPS) is 14.7. The minimum Gasteiger partial charge on any atom is -0.477 e. The number of para-hydroxylation sites is 3. The highest BCUT2D eigenvalue weighted by Gasteiger charge is 2.33. The van der Waals surface area contributed by atoms with Crippen molar-refractivity contribution in [2.75, 3.05) is 24.2 Å². The maximum absolute atomic E-state index is 13.4. The fourth-order valence-electron chi connectivity index (χ4n) is 3.83. The minimum atomic E-state index is -0.783. The fraction of sp³-hybridized carbons (Fsp3) is 0.160. The van der Waals surface area contributed by atoms with Crippen LogP contribution in [0.25, 0.3) is 17.1 Å². The van der Waals surface area contributed by atoms with Crippen molar-refractivity contribution < 1.29 is 14.3 Å². The van der Waals surface area contributed by atoms with Crippen LogP contribution in [-0.4, -0.2) is 57.0 Å². The molecule has 1 aliphatic heterocycles. The van der Waals surface area contributed by atoms with Crippen LogP contribution in [0.4, 0.5) is 5.69 Å². The first-order chi connectivity index (χ1) is 17.2. The molecule has 2 amide bonds. The number of nitrogens with zero attached hydrogens (tertiary/aromatic N) is 5. The molecule has 0 bridgehead atoms. The zero-order valence-electron chi connectivity index (χ0n) is 18.9. The van der Waals surface area contributed by atoms with Gasteiger partial charge in [-0.2, -0.15) is 0 Å². The Morgan fingerprint density at radius 2 is 1.86 bits per heavy atom. The molecule has 1 atom stereocenters. The van der Waals surface area contributed by atoms with Crippen LogP contribution < -0.4 is 15.0 Å². The van der Waals surface area contributed by atoms with E-state index in [-0.39, 0.29) is 24.1 Å². The summed E-state index contributed by atoms with van der Waals surface area (Å²) in [5, 5.41) is 11.9. The van der Waals surface area contributed by atoms with Crippen LogP contribution in [0.3, 0.4) is 0 Å². The van der Waals surface area contributed by atoms with Crippen molar-refractivity contribution >= 4 is 29.3 Å². The molecular weight excluding hydrogens is 464 g/mol. The molecule has 0 spiro atoms. The van der Waals surface area contributed by atoms with Gasteiger partial charge in [-0.15, -0.1) is 10.2 Å². The number of hydrogen-bond donors (Lipinski definition) is 1. The lowest BCUT2D eigenvalue weighted by Crippen LogP contribution is -2.50. The number of carbonyl (C=O) groups is 2. The number of rotatable bonds is 6. The third-order valence-electron chi connectivity index (χ3n) is 5.51. The standard InChI is InChI=1S/C25H22N6O3S/c1-26-24(33)21-15-30(19-11-5-6-12-20(19)34-21)22(32)16-35-25-29-28-23(17-8-7-13-27-14-17)31(25)18-9-3-2-4-10-18/h2-14,21H,15-16H2,1H3,(H,26,33). The molecule has 1 aliphatic rings. The van der Waals surface area contributed by atoms with Crippen LogP contribution >= 0.6 is 11.8 Å². The first kappa shape index (κ1) is 22.6. The van der Waals surface area contributed by atoms with Gasteiger partial charge in [0.15, 0.2) is 17.1 Å². The van der Waals surface area contributed by atoms with Crippen LogP contribution in [0.5, 0.6) is 5.75 Å². The lowest BCUT2D eigenvalue weighted by atomic mass is 10.2. The molecule has 9 nitrogen and oxygen atoms in total. The van der Waals surface area contributed by atoms with E-state index in [9.17, 15) is 9.59 Å². The topological polar surface area (TPSA) is 102 Å². The zero-order valence-corrected chi connectivity index (χ0v) is 19.7. The second-order valence-electron chi connectivity index (χ2n) is 7.70. The lowest BCUT2D eigenvalue weighted by molar-refractivity contribution is -0.127. The van der Waals surface area contributed by atoms with Crippen molar-refractivity contribution in [2.24, 2.45) is 0 Å². The predicted molar refractivity (Wildman–Crippen MR) is 133 cm³/mol. The number of benzene rings is 2. The van der Waals surface area contributed by atoms with Crippen LogP contribution in [0.1, 0.15) is 0 Å². The molecule has 0 fully saturated rings. The van der Waals surface area contributed by atoms with Gasteiger partial charge >= 0.3 is 0 Å². The first-order valence-corrected chi connectivity index (χ1v) is 12.0. The summed E-state index contributed by atoms with van der Waals surface area (Å²) in [6.07, 6.45) is 2.65. The van der Waals surface area contributed by atoms with Gasteiger partial charge in [0, 0.05) is 30.7 Å². The zero-order chi connectivity index (χ0) is 24.2. The van der Waals surface area contributed by atoms with Gasteiger partial charge in [-0.05, 0) is 36.4 Å². The molecule has 1 unspecified atom stereocenters. The van der Waals surface area contributed by atoms with E-state index < -0.39 is 6.10 Å². The SMILES string of the molecule is CNC(=O)C1CN(C(=O)CSc2nnc(-c3cccnc3)n2-c2ccccc2)c2ccccc2O1. The molecule has 0 aliphatic carbocycles. The van der Waals surface area contributed by atoms with E-state index >= 15 is 0 Å². The van der Waals surface area contributed by atoms with E-state index in [0.29, 0.717) is 22.4 Å². The number of ether oxygens (including phenoxy) is 1. The van der Waals surface area contributed by atoms with Gasteiger partial charge in [0.1, 0.15) is 5.75 Å². The Bertz CT molecular complexity index is 1350. The van der Waals surface area contributed by atoms with Crippen LogP contribution in [0.15, 0.2) is 84.3 Å². The van der Waals surface area contributed by atoms with Gasteiger partial charge in [-0.3, -0.25) is 19.1 Å². The first-order valence-electron chi connectivity index (χ1n) is 11.0. The number of pyridine rings is 1. The predicted octanol–water partition coefficient (Wildman–Crippen LogP) is 2.96. The Kier molecular flexibility index (Phi) is 6.44. The lowest BCUT2D eigenvalue weighted by Gasteiger charge is -2.34. The summed E-state index contributed by atoms with van der Waals surface area (Å²) >= 11 is 1.29. The molecular formula is C25H22N6O3S. The maximum Gasteiger partial charge on any atom is 0.262 e. The molecule has 2 aromatic heterocycles. The molecule has 35 heavy (non-hydrogen) atoms. The molecule has 2 aromatic carbocycles. The fourth-order valence-corrected chi connectivity index (χ4v) is 4.66. The van der Waals surface area contributed by atoms with E-state index in [2.05, 4.69) is 20.5 Å². The smallest absolute Gasteiger partial charge is 0.262 e. The maximum atomic E-state index is 13.4. The number of fused-ring (bicyclic) bond motifs is 1. The van der Waals surface area contributed by atoms with Crippen molar-refractivity contribution in [1.82, 2.24) is 25.1 Å². The van der Waals surface area contributed by atoms with E-state index in [1.807, 2.05) is 65.2 Å². The molecule has 10 heteroatoms. The summed E-state index contributed by atoms with van der Waals surface area (Å²) in [4.78, 5) is 31.4. The second-order valence-corrected chi connectivity index (χ2v) is 8.64. The third-order valence-corrected chi connectivity index (χ3v) is 6.42. The highest BCUT2D eigenvalue weighted by Crippen LogP contribution is 2.34. The number of hydrogen-bond acceptors (Lipinski definition) is 7. The third kappa shape index (κ3) is 4.60. The number of amides is 2. The van der Waals surface area contributed by atoms with E-state index in [0.717, 1.165) is 11.3 Å². The molecule has 0 radical (unpaired) electrons. The number of nitrogens with one attached hydrogen (secondary N) is 1. The quantitative estimate of drug-likeness (QED) is 0.418. The molecule has 0 saturated carbocycles. The Morgan fingerprint density at radius 3 is 2.63 bits per heavy atom.